The first-order valence-electron chi connectivity index (χ1n) is 17.2. The molecule has 0 saturated heterocycles. The molecule has 0 atom stereocenters. The number of pyridine rings is 1. The van der Waals surface area contributed by atoms with Crippen molar-refractivity contribution in [3.05, 3.63) is 157 Å². The largest absolute Gasteiger partial charge is 0.306 e. The van der Waals surface area contributed by atoms with Crippen LogP contribution in [0.25, 0.3) is 33.3 Å². The van der Waals surface area contributed by atoms with Crippen molar-refractivity contribution in [3.8, 4) is 22.4 Å². The summed E-state index contributed by atoms with van der Waals surface area (Å²) in [5.74, 6) is 0. The first kappa shape index (κ1) is 32.5. The van der Waals surface area contributed by atoms with E-state index in [0.717, 1.165) is 73.0 Å². The summed E-state index contributed by atoms with van der Waals surface area (Å²) in [7, 11) is -3.34. The SMILES string of the molecule is Cc1ccc(N2c3ccccc3N(c3ccccc3)c3ccccc32)c2nc(-c3ccc(S(C)(=O)=O)cc3)cc(-c3ccc(C(C)(C)C)cc3)c12. The lowest BCUT2D eigenvalue weighted by Crippen LogP contribution is -2.24. The van der Waals surface area contributed by atoms with E-state index in [4.69, 9.17) is 4.98 Å². The Bertz CT molecular complexity index is 2490. The van der Waals surface area contributed by atoms with Gasteiger partial charge in [0.15, 0.2) is 9.84 Å². The Morgan fingerprint density at radius 2 is 1.10 bits per heavy atom. The second-order valence-corrected chi connectivity index (χ2v) is 16.3. The summed E-state index contributed by atoms with van der Waals surface area (Å²) >= 11 is 0. The van der Waals surface area contributed by atoms with E-state index in [2.05, 4.69) is 153 Å². The van der Waals surface area contributed by atoms with Gasteiger partial charge < -0.3 is 9.80 Å². The van der Waals surface area contributed by atoms with Crippen LogP contribution in [0.15, 0.2) is 150 Å². The standard InChI is InChI=1S/C45H39N3O2S/c1-30-19-28-42(48-40-17-11-9-15-38(40)47(34-13-7-6-8-14-34)39-16-10-12-18-41(39)48)44-43(30)36(31-20-24-33(25-21-31)45(2,3)4)29-37(46-44)32-22-26-35(27-23-32)51(5,49)50/h6-29H,1-5H3. The third-order valence-corrected chi connectivity index (χ3v) is 10.9. The van der Waals surface area contributed by atoms with Crippen molar-refractivity contribution in [1.82, 2.24) is 4.98 Å². The van der Waals surface area contributed by atoms with Gasteiger partial charge >= 0.3 is 0 Å². The van der Waals surface area contributed by atoms with Gasteiger partial charge in [-0.3, -0.25) is 0 Å². The van der Waals surface area contributed by atoms with Crippen molar-refractivity contribution >= 4 is 54.9 Å². The molecule has 0 bridgehead atoms. The van der Waals surface area contributed by atoms with Crippen LogP contribution in [-0.2, 0) is 15.3 Å². The molecular formula is C45H39N3O2S. The van der Waals surface area contributed by atoms with E-state index in [1.165, 1.54) is 11.8 Å². The van der Waals surface area contributed by atoms with Gasteiger partial charge in [0.05, 0.1) is 44.5 Å². The Kier molecular flexibility index (Phi) is 7.80. The van der Waals surface area contributed by atoms with Crippen LogP contribution in [0.2, 0.25) is 0 Å². The Labute approximate surface area is 300 Å². The molecule has 0 unspecified atom stereocenters. The number of benzene rings is 6. The van der Waals surface area contributed by atoms with Gasteiger partial charge in [0.2, 0.25) is 0 Å². The highest BCUT2D eigenvalue weighted by Crippen LogP contribution is 2.55. The van der Waals surface area contributed by atoms with Crippen LogP contribution in [-0.4, -0.2) is 19.7 Å². The molecule has 8 rings (SSSR count). The van der Waals surface area contributed by atoms with Crippen LogP contribution in [0.1, 0.15) is 31.9 Å². The van der Waals surface area contributed by atoms with Gasteiger partial charge in [-0.25, -0.2) is 13.4 Å². The molecule has 0 N–H and O–H groups in total. The third kappa shape index (κ3) is 5.75. The number of fused-ring (bicyclic) bond motifs is 3. The van der Waals surface area contributed by atoms with Crippen LogP contribution >= 0.6 is 0 Å². The van der Waals surface area contributed by atoms with Crippen LogP contribution < -0.4 is 9.80 Å². The van der Waals surface area contributed by atoms with Gasteiger partial charge in [-0.1, -0.05) is 106 Å². The third-order valence-electron chi connectivity index (χ3n) is 9.77. The number of hydrogen-bond acceptors (Lipinski definition) is 5. The zero-order valence-electron chi connectivity index (χ0n) is 29.4. The van der Waals surface area contributed by atoms with Crippen molar-refractivity contribution in [2.75, 3.05) is 16.1 Å². The molecule has 1 aliphatic heterocycles. The molecule has 6 heteroatoms. The fourth-order valence-corrected chi connectivity index (χ4v) is 7.76. The number of rotatable bonds is 5. The summed E-state index contributed by atoms with van der Waals surface area (Å²) in [6.45, 7) is 8.83. The molecule has 5 nitrogen and oxygen atoms in total. The highest BCUT2D eigenvalue weighted by molar-refractivity contribution is 7.90. The fourth-order valence-electron chi connectivity index (χ4n) is 7.13. The molecule has 0 radical (unpaired) electrons. The van der Waals surface area contributed by atoms with Gasteiger partial charge in [0.1, 0.15) is 0 Å². The van der Waals surface area contributed by atoms with Gasteiger partial charge in [-0.2, -0.15) is 0 Å². The van der Waals surface area contributed by atoms with Crippen molar-refractivity contribution in [2.45, 2.75) is 38.0 Å². The molecule has 0 aliphatic carbocycles. The van der Waals surface area contributed by atoms with Crippen LogP contribution in [0, 0.1) is 6.92 Å². The number of para-hydroxylation sites is 5. The van der Waals surface area contributed by atoms with E-state index < -0.39 is 9.84 Å². The smallest absolute Gasteiger partial charge is 0.175 e. The van der Waals surface area contributed by atoms with Crippen LogP contribution in [0.4, 0.5) is 34.1 Å². The van der Waals surface area contributed by atoms with E-state index in [-0.39, 0.29) is 10.3 Å². The van der Waals surface area contributed by atoms with E-state index in [1.807, 2.05) is 18.2 Å². The van der Waals surface area contributed by atoms with E-state index >= 15 is 0 Å². The monoisotopic (exact) mass is 685 g/mol. The topological polar surface area (TPSA) is 53.5 Å². The Balaban J connectivity index is 1.41. The normalized spacial score (nSPS) is 12.9. The molecule has 7 aromatic rings. The van der Waals surface area contributed by atoms with E-state index in [1.54, 1.807) is 12.1 Å². The molecule has 51 heavy (non-hydrogen) atoms. The van der Waals surface area contributed by atoms with Gasteiger partial charge in [0, 0.05) is 22.9 Å². The number of nitrogens with zero attached hydrogens (tertiary/aromatic N) is 3. The average Bonchev–Trinajstić information content (AvgIpc) is 3.13. The van der Waals surface area contributed by atoms with E-state index in [0.29, 0.717) is 0 Å². The first-order chi connectivity index (χ1) is 24.5. The fraction of sp³-hybridized carbons (Fsp3) is 0.133. The molecule has 2 heterocycles. The molecule has 1 aromatic heterocycles. The number of hydrogen-bond donors (Lipinski definition) is 0. The lowest BCUT2D eigenvalue weighted by Gasteiger charge is -2.40. The first-order valence-corrected chi connectivity index (χ1v) is 19.1. The summed E-state index contributed by atoms with van der Waals surface area (Å²) in [4.78, 5) is 10.4. The molecule has 0 amide bonds. The van der Waals surface area contributed by atoms with Crippen LogP contribution in [0.3, 0.4) is 0 Å². The van der Waals surface area contributed by atoms with E-state index in [9.17, 15) is 8.42 Å². The van der Waals surface area contributed by atoms with Crippen molar-refractivity contribution in [1.29, 1.82) is 0 Å². The minimum atomic E-state index is -3.34. The quantitative estimate of drug-likeness (QED) is 0.180. The zero-order valence-corrected chi connectivity index (χ0v) is 30.2. The van der Waals surface area contributed by atoms with Gasteiger partial charge in [0.25, 0.3) is 0 Å². The predicted octanol–water partition coefficient (Wildman–Crippen LogP) is 11.8. The molecule has 6 aromatic carbocycles. The summed E-state index contributed by atoms with van der Waals surface area (Å²) in [5, 5.41) is 1.08. The minimum Gasteiger partial charge on any atom is -0.306 e. The molecule has 0 spiro atoms. The van der Waals surface area contributed by atoms with Crippen molar-refractivity contribution in [2.24, 2.45) is 0 Å². The van der Waals surface area contributed by atoms with Crippen molar-refractivity contribution < 1.29 is 8.42 Å². The maximum Gasteiger partial charge on any atom is 0.175 e. The lowest BCUT2D eigenvalue weighted by molar-refractivity contribution is 0.590. The van der Waals surface area contributed by atoms with Crippen molar-refractivity contribution in [3.63, 3.8) is 0 Å². The Morgan fingerprint density at radius 3 is 1.65 bits per heavy atom. The second kappa shape index (κ2) is 12.3. The average molecular weight is 686 g/mol. The molecular weight excluding hydrogens is 647 g/mol. The second-order valence-electron chi connectivity index (χ2n) is 14.3. The molecule has 252 valence electrons. The predicted molar refractivity (Wildman–Crippen MR) is 212 cm³/mol. The highest BCUT2D eigenvalue weighted by atomic mass is 32.2. The number of anilines is 6. The summed E-state index contributed by atoms with van der Waals surface area (Å²) in [5.41, 5.74) is 13.4. The lowest BCUT2D eigenvalue weighted by atomic mass is 9.85. The maximum atomic E-state index is 12.3. The summed E-state index contributed by atoms with van der Waals surface area (Å²) < 4.78 is 24.7. The highest BCUT2D eigenvalue weighted by Gasteiger charge is 2.31. The number of sulfone groups is 1. The van der Waals surface area contributed by atoms with Gasteiger partial charge in [-0.15, -0.1) is 0 Å². The summed E-state index contributed by atoms with van der Waals surface area (Å²) in [6, 6.07) is 49.9. The van der Waals surface area contributed by atoms with Gasteiger partial charge in [-0.05, 0) is 95.3 Å². The molecule has 1 aliphatic rings. The number of aryl methyl sites for hydroxylation is 1. The Hall–Kier alpha value is -5.72. The minimum absolute atomic E-state index is 0.0249. The summed E-state index contributed by atoms with van der Waals surface area (Å²) in [6.07, 6.45) is 1.23. The van der Waals surface area contributed by atoms with Crippen LogP contribution in [0.5, 0.6) is 0 Å². The Morgan fingerprint density at radius 1 is 0.569 bits per heavy atom. The number of aromatic nitrogens is 1. The molecule has 0 fully saturated rings. The molecule has 0 saturated carbocycles. The maximum absolute atomic E-state index is 12.3. The zero-order chi connectivity index (χ0) is 35.5.